The second kappa shape index (κ2) is 6.86. The Labute approximate surface area is 152 Å². The third-order valence-corrected chi connectivity index (χ3v) is 6.66. The quantitative estimate of drug-likeness (QED) is 0.804. The van der Waals surface area contributed by atoms with Crippen molar-refractivity contribution in [3.8, 4) is 5.75 Å². The van der Waals surface area contributed by atoms with Crippen molar-refractivity contribution >= 4 is 27.3 Å². The SMILES string of the molecule is COc1ccc(Cl)cc1N1CCN(S(=O)(=O)c2c(C)noc2C)CC1. The molecule has 9 heteroatoms. The Morgan fingerprint density at radius 2 is 1.88 bits per heavy atom. The number of piperazine rings is 1. The Balaban J connectivity index is 1.80. The van der Waals surface area contributed by atoms with Crippen molar-refractivity contribution < 1.29 is 17.7 Å². The largest absolute Gasteiger partial charge is 0.495 e. The summed E-state index contributed by atoms with van der Waals surface area (Å²) in [5.41, 5.74) is 1.25. The number of hydrogen-bond acceptors (Lipinski definition) is 6. The predicted octanol–water partition coefficient (Wildman–Crippen LogP) is 2.46. The Morgan fingerprint density at radius 1 is 1.20 bits per heavy atom. The minimum Gasteiger partial charge on any atom is -0.495 e. The Kier molecular flexibility index (Phi) is 4.95. The van der Waals surface area contributed by atoms with Crippen LogP contribution >= 0.6 is 11.6 Å². The van der Waals surface area contributed by atoms with Crippen molar-refractivity contribution in [2.45, 2.75) is 18.7 Å². The molecule has 2 aromatic rings. The molecule has 2 heterocycles. The number of methoxy groups -OCH3 is 1. The zero-order valence-corrected chi connectivity index (χ0v) is 15.9. The van der Waals surface area contributed by atoms with Gasteiger partial charge in [-0.15, -0.1) is 0 Å². The van der Waals surface area contributed by atoms with Crippen molar-refractivity contribution in [2.75, 3.05) is 38.2 Å². The fourth-order valence-electron chi connectivity index (χ4n) is 3.05. The second-order valence-corrected chi connectivity index (χ2v) is 8.17. The standard InChI is InChI=1S/C16H20ClN3O4S/c1-11-16(12(2)24-18-11)25(21,22)20-8-6-19(7-9-20)14-10-13(17)4-5-15(14)23-3/h4-5,10H,6-9H2,1-3H3. The molecular formula is C16H20ClN3O4S. The van der Waals surface area contributed by atoms with Crippen LogP contribution in [0.2, 0.25) is 5.02 Å². The van der Waals surface area contributed by atoms with Gasteiger partial charge < -0.3 is 14.2 Å². The van der Waals surface area contributed by atoms with Crippen LogP contribution in [-0.2, 0) is 10.0 Å². The van der Waals surface area contributed by atoms with Crippen molar-refractivity contribution in [3.63, 3.8) is 0 Å². The number of aromatic nitrogens is 1. The van der Waals surface area contributed by atoms with Gasteiger partial charge in [0.15, 0.2) is 5.76 Å². The Bertz CT molecular complexity index is 854. The number of anilines is 1. The topological polar surface area (TPSA) is 75.9 Å². The summed E-state index contributed by atoms with van der Waals surface area (Å²) in [7, 11) is -2.01. The smallest absolute Gasteiger partial charge is 0.248 e. The van der Waals surface area contributed by atoms with E-state index in [1.165, 1.54) is 4.31 Å². The molecule has 0 spiro atoms. The molecular weight excluding hydrogens is 366 g/mol. The molecule has 1 aromatic heterocycles. The molecule has 136 valence electrons. The monoisotopic (exact) mass is 385 g/mol. The summed E-state index contributed by atoms with van der Waals surface area (Å²) >= 11 is 6.09. The van der Waals surface area contributed by atoms with E-state index in [4.69, 9.17) is 20.9 Å². The molecule has 1 fully saturated rings. The van der Waals surface area contributed by atoms with E-state index >= 15 is 0 Å². The van der Waals surface area contributed by atoms with Gasteiger partial charge in [-0.05, 0) is 32.0 Å². The summed E-state index contributed by atoms with van der Waals surface area (Å²) in [6, 6.07) is 5.41. The molecule has 0 radical (unpaired) electrons. The molecule has 7 nitrogen and oxygen atoms in total. The van der Waals surface area contributed by atoms with Gasteiger partial charge in [-0.1, -0.05) is 16.8 Å². The molecule has 3 rings (SSSR count). The zero-order chi connectivity index (χ0) is 18.2. The normalized spacial score (nSPS) is 16.2. The van der Waals surface area contributed by atoms with E-state index < -0.39 is 10.0 Å². The van der Waals surface area contributed by atoms with Gasteiger partial charge in [0.1, 0.15) is 16.3 Å². The van der Waals surface area contributed by atoms with Gasteiger partial charge in [0.05, 0.1) is 12.8 Å². The van der Waals surface area contributed by atoms with Gasteiger partial charge in [0.2, 0.25) is 10.0 Å². The summed E-state index contributed by atoms with van der Waals surface area (Å²) in [5, 5.41) is 4.36. The first-order chi connectivity index (χ1) is 11.8. The first-order valence-electron chi connectivity index (χ1n) is 7.86. The summed E-state index contributed by atoms with van der Waals surface area (Å²) in [6.45, 7) is 5.05. The van der Waals surface area contributed by atoms with Gasteiger partial charge in [-0.25, -0.2) is 8.42 Å². The van der Waals surface area contributed by atoms with Crippen LogP contribution in [0.1, 0.15) is 11.5 Å². The van der Waals surface area contributed by atoms with E-state index in [1.54, 1.807) is 27.0 Å². The van der Waals surface area contributed by atoms with Crippen LogP contribution in [0.25, 0.3) is 0 Å². The van der Waals surface area contributed by atoms with E-state index in [1.807, 2.05) is 12.1 Å². The van der Waals surface area contributed by atoms with Crippen molar-refractivity contribution in [2.24, 2.45) is 0 Å². The van der Waals surface area contributed by atoms with E-state index in [0.29, 0.717) is 48.4 Å². The number of hydrogen-bond donors (Lipinski definition) is 0. The molecule has 25 heavy (non-hydrogen) atoms. The first-order valence-corrected chi connectivity index (χ1v) is 9.68. The van der Waals surface area contributed by atoms with E-state index in [-0.39, 0.29) is 4.90 Å². The maximum atomic E-state index is 12.9. The van der Waals surface area contributed by atoms with Crippen LogP contribution in [0.15, 0.2) is 27.6 Å². The van der Waals surface area contributed by atoms with Gasteiger partial charge >= 0.3 is 0 Å². The highest BCUT2D eigenvalue weighted by Gasteiger charge is 2.33. The van der Waals surface area contributed by atoms with Crippen LogP contribution < -0.4 is 9.64 Å². The first kappa shape index (κ1) is 18.0. The van der Waals surface area contributed by atoms with Gasteiger partial charge in [0.25, 0.3) is 0 Å². The molecule has 0 aliphatic carbocycles. The number of ether oxygens (including phenoxy) is 1. The molecule has 1 saturated heterocycles. The van der Waals surface area contributed by atoms with Crippen LogP contribution in [0.3, 0.4) is 0 Å². The minimum atomic E-state index is -3.62. The molecule has 0 N–H and O–H groups in total. The van der Waals surface area contributed by atoms with Gasteiger partial charge in [-0.3, -0.25) is 0 Å². The molecule has 1 aliphatic rings. The summed E-state index contributed by atoms with van der Waals surface area (Å²) in [4.78, 5) is 2.24. The van der Waals surface area contributed by atoms with Crippen molar-refractivity contribution in [1.29, 1.82) is 0 Å². The third kappa shape index (κ3) is 3.33. The average molecular weight is 386 g/mol. The lowest BCUT2D eigenvalue weighted by Crippen LogP contribution is -2.48. The number of aryl methyl sites for hydroxylation is 2. The zero-order valence-electron chi connectivity index (χ0n) is 14.3. The highest BCUT2D eigenvalue weighted by Crippen LogP contribution is 2.33. The molecule has 0 amide bonds. The fourth-order valence-corrected chi connectivity index (χ4v) is 4.93. The third-order valence-electron chi connectivity index (χ3n) is 4.29. The van der Waals surface area contributed by atoms with Crippen LogP contribution in [-0.4, -0.2) is 51.2 Å². The average Bonchev–Trinajstić information content (AvgIpc) is 2.94. The highest BCUT2D eigenvalue weighted by atomic mass is 35.5. The fraction of sp³-hybridized carbons (Fsp3) is 0.438. The summed E-state index contributed by atoms with van der Waals surface area (Å²) in [5.74, 6) is 1.03. The van der Waals surface area contributed by atoms with Crippen LogP contribution in [0.4, 0.5) is 5.69 Å². The van der Waals surface area contributed by atoms with E-state index in [9.17, 15) is 8.42 Å². The lowest BCUT2D eigenvalue weighted by molar-refractivity contribution is 0.374. The van der Waals surface area contributed by atoms with E-state index in [2.05, 4.69) is 10.1 Å². The van der Waals surface area contributed by atoms with Crippen molar-refractivity contribution in [3.05, 3.63) is 34.7 Å². The summed E-state index contributed by atoms with van der Waals surface area (Å²) in [6.07, 6.45) is 0. The van der Waals surface area contributed by atoms with Gasteiger partial charge in [0, 0.05) is 31.2 Å². The minimum absolute atomic E-state index is 0.168. The van der Waals surface area contributed by atoms with Crippen molar-refractivity contribution in [1.82, 2.24) is 9.46 Å². The van der Waals surface area contributed by atoms with E-state index in [0.717, 1.165) is 5.69 Å². The molecule has 0 bridgehead atoms. The lowest BCUT2D eigenvalue weighted by atomic mass is 10.2. The summed E-state index contributed by atoms with van der Waals surface area (Å²) < 4.78 is 37.6. The maximum Gasteiger partial charge on any atom is 0.248 e. The Hall–Kier alpha value is -1.77. The molecule has 1 aliphatic heterocycles. The number of halogens is 1. The molecule has 0 saturated carbocycles. The molecule has 1 aromatic carbocycles. The number of nitrogens with zero attached hydrogens (tertiary/aromatic N) is 3. The van der Waals surface area contributed by atoms with Crippen LogP contribution in [0.5, 0.6) is 5.75 Å². The maximum absolute atomic E-state index is 12.9. The number of rotatable bonds is 4. The number of benzene rings is 1. The predicted molar refractivity (Wildman–Crippen MR) is 95.0 cm³/mol. The lowest BCUT2D eigenvalue weighted by Gasteiger charge is -2.35. The highest BCUT2D eigenvalue weighted by molar-refractivity contribution is 7.89. The molecule has 0 atom stereocenters. The van der Waals surface area contributed by atoms with Crippen LogP contribution in [0, 0.1) is 13.8 Å². The van der Waals surface area contributed by atoms with Gasteiger partial charge in [-0.2, -0.15) is 4.31 Å². The number of sulfonamides is 1. The Morgan fingerprint density at radius 3 is 2.44 bits per heavy atom. The second-order valence-electron chi connectivity index (χ2n) is 5.86. The molecule has 0 unspecified atom stereocenters.